The summed E-state index contributed by atoms with van der Waals surface area (Å²) in [5.74, 6) is 0. The van der Waals surface area contributed by atoms with Crippen LogP contribution in [0, 0.1) is 0 Å². The van der Waals surface area contributed by atoms with Gasteiger partial charge in [-0.2, -0.15) is 0 Å². The Morgan fingerprint density at radius 1 is 1.83 bits per heavy atom. The minimum Gasteiger partial charge on any atom is -0.453 e. The normalized spacial score (nSPS) is 5.50. The standard InChI is InChI=1S/C2H5NO2.H4Si/c1-5-2(3)4;/h1H3,(H2,3,4);1H4. The summed E-state index contributed by atoms with van der Waals surface area (Å²) in [6.07, 6.45) is -0.745. The molecule has 6 heavy (non-hydrogen) atoms. The maximum Gasteiger partial charge on any atom is 0.404 e. The predicted molar refractivity (Wildman–Crippen MR) is 27.9 cm³/mol. The highest BCUT2D eigenvalue weighted by Gasteiger charge is 1.76. The van der Waals surface area contributed by atoms with Gasteiger partial charge < -0.3 is 10.5 Å². The zero-order chi connectivity index (χ0) is 4.28. The average Bonchev–Trinajstić information content (AvgIpc) is 1.38. The molecular formula is C2H9NO2Si. The van der Waals surface area contributed by atoms with Gasteiger partial charge in [-0.1, -0.05) is 0 Å². The molecule has 0 aromatic rings. The number of ether oxygens (including phenoxy) is 1. The predicted octanol–water partition coefficient (Wildman–Crippen LogP) is -1.74. The molecule has 0 aliphatic rings. The molecule has 0 aromatic carbocycles. The fraction of sp³-hybridized carbons (Fsp3) is 0.500. The van der Waals surface area contributed by atoms with Gasteiger partial charge in [-0.05, 0) is 11.0 Å². The number of carbonyl (C=O) groups is 1. The van der Waals surface area contributed by atoms with Gasteiger partial charge in [0.25, 0.3) is 0 Å². The maximum atomic E-state index is 9.37. The molecule has 38 valence electrons. The number of carbonyl (C=O) groups excluding carboxylic acids is 1. The lowest BCUT2D eigenvalue weighted by atomic mass is 11.3. The van der Waals surface area contributed by atoms with E-state index in [1.807, 2.05) is 0 Å². The first-order valence-electron chi connectivity index (χ1n) is 1.11. The second-order valence-corrected chi connectivity index (χ2v) is 0.523. The molecule has 0 heterocycles. The fourth-order valence-electron chi connectivity index (χ4n) is 0. The Kier molecular flexibility index (Phi) is 6.79. The smallest absolute Gasteiger partial charge is 0.404 e. The van der Waals surface area contributed by atoms with Gasteiger partial charge in [0.1, 0.15) is 0 Å². The second kappa shape index (κ2) is 4.49. The van der Waals surface area contributed by atoms with Crippen molar-refractivity contribution in [1.82, 2.24) is 0 Å². The van der Waals surface area contributed by atoms with Crippen LogP contribution >= 0.6 is 0 Å². The number of nitrogens with two attached hydrogens (primary N) is 1. The SMILES string of the molecule is COC(N)=O.[SiH4]. The van der Waals surface area contributed by atoms with E-state index in [-0.39, 0.29) is 11.0 Å². The summed E-state index contributed by atoms with van der Waals surface area (Å²) in [6, 6.07) is 0. The summed E-state index contributed by atoms with van der Waals surface area (Å²) >= 11 is 0. The van der Waals surface area contributed by atoms with Gasteiger partial charge >= 0.3 is 6.09 Å². The Labute approximate surface area is 40.5 Å². The van der Waals surface area contributed by atoms with Gasteiger partial charge in [0, 0.05) is 0 Å². The number of rotatable bonds is 0. The molecule has 0 unspecified atom stereocenters. The van der Waals surface area contributed by atoms with Crippen LogP contribution < -0.4 is 5.73 Å². The van der Waals surface area contributed by atoms with Gasteiger partial charge in [-0.25, -0.2) is 4.79 Å². The Balaban J connectivity index is 0. The first-order valence-corrected chi connectivity index (χ1v) is 1.11. The van der Waals surface area contributed by atoms with Crippen molar-refractivity contribution in [2.45, 2.75) is 0 Å². The maximum absolute atomic E-state index is 9.37. The zero-order valence-corrected chi connectivity index (χ0v) is 2.89. The first kappa shape index (κ1) is 9.09. The van der Waals surface area contributed by atoms with Gasteiger partial charge in [0.2, 0.25) is 0 Å². The van der Waals surface area contributed by atoms with Crippen molar-refractivity contribution in [3.63, 3.8) is 0 Å². The molecule has 3 nitrogen and oxygen atoms in total. The lowest BCUT2D eigenvalue weighted by Crippen LogP contribution is -2.08. The van der Waals surface area contributed by atoms with Gasteiger partial charge in [0.15, 0.2) is 0 Å². The average molecular weight is 107 g/mol. The molecule has 2 N–H and O–H groups in total. The van der Waals surface area contributed by atoms with E-state index in [9.17, 15) is 4.79 Å². The van der Waals surface area contributed by atoms with E-state index in [2.05, 4.69) is 10.5 Å². The van der Waals surface area contributed by atoms with E-state index in [1.165, 1.54) is 7.11 Å². The summed E-state index contributed by atoms with van der Waals surface area (Å²) in [6.45, 7) is 0. The highest BCUT2D eigenvalue weighted by atomic mass is 28.1. The molecule has 0 atom stereocenters. The summed E-state index contributed by atoms with van der Waals surface area (Å²) in [5.41, 5.74) is 4.43. The monoisotopic (exact) mass is 107 g/mol. The van der Waals surface area contributed by atoms with Crippen LogP contribution in [0.3, 0.4) is 0 Å². The van der Waals surface area contributed by atoms with Crippen molar-refractivity contribution in [3.8, 4) is 0 Å². The summed E-state index contributed by atoms with van der Waals surface area (Å²) in [4.78, 5) is 9.37. The molecule has 1 amide bonds. The van der Waals surface area contributed by atoms with E-state index < -0.39 is 6.09 Å². The molecule has 0 radical (unpaired) electrons. The van der Waals surface area contributed by atoms with Crippen LogP contribution in [-0.4, -0.2) is 24.2 Å². The molecule has 0 aliphatic heterocycles. The van der Waals surface area contributed by atoms with Gasteiger partial charge in [-0.15, -0.1) is 0 Å². The number of hydrogen-bond donors (Lipinski definition) is 1. The van der Waals surface area contributed by atoms with Gasteiger partial charge in [0.05, 0.1) is 7.11 Å². The van der Waals surface area contributed by atoms with Crippen molar-refractivity contribution < 1.29 is 9.53 Å². The molecule has 0 spiro atoms. The van der Waals surface area contributed by atoms with Crippen molar-refractivity contribution in [2.24, 2.45) is 5.73 Å². The van der Waals surface area contributed by atoms with Crippen LogP contribution in [0.1, 0.15) is 0 Å². The zero-order valence-electron chi connectivity index (χ0n) is 2.89. The molecule has 0 aliphatic carbocycles. The van der Waals surface area contributed by atoms with E-state index in [0.29, 0.717) is 0 Å². The Hall–Kier alpha value is -0.513. The summed E-state index contributed by atoms with van der Waals surface area (Å²) in [5, 5.41) is 0. The van der Waals surface area contributed by atoms with Crippen molar-refractivity contribution in [2.75, 3.05) is 7.11 Å². The van der Waals surface area contributed by atoms with E-state index in [0.717, 1.165) is 0 Å². The Morgan fingerprint density at radius 2 is 2.00 bits per heavy atom. The van der Waals surface area contributed by atoms with E-state index in [4.69, 9.17) is 0 Å². The van der Waals surface area contributed by atoms with Gasteiger partial charge in [-0.3, -0.25) is 0 Å². The van der Waals surface area contributed by atoms with E-state index in [1.54, 1.807) is 0 Å². The molecule has 0 saturated heterocycles. The quantitative estimate of drug-likeness (QED) is 0.374. The lowest BCUT2D eigenvalue weighted by molar-refractivity contribution is 0.182. The van der Waals surface area contributed by atoms with Crippen molar-refractivity contribution in [1.29, 1.82) is 0 Å². The molecule has 0 aromatic heterocycles. The third-order valence-corrected chi connectivity index (χ3v) is 0.201. The van der Waals surface area contributed by atoms with Crippen LogP contribution in [0.5, 0.6) is 0 Å². The molecule has 0 saturated carbocycles. The molecule has 0 rings (SSSR count). The van der Waals surface area contributed by atoms with Crippen LogP contribution in [0.15, 0.2) is 0 Å². The lowest BCUT2D eigenvalue weighted by Gasteiger charge is -1.81. The minimum absolute atomic E-state index is 0. The largest absolute Gasteiger partial charge is 0.453 e. The van der Waals surface area contributed by atoms with Crippen LogP contribution in [0.4, 0.5) is 4.79 Å². The number of hydrogen-bond acceptors (Lipinski definition) is 2. The molecule has 0 bridgehead atoms. The number of methoxy groups -OCH3 is 1. The summed E-state index contributed by atoms with van der Waals surface area (Å²) < 4.78 is 3.89. The molecule has 0 fully saturated rings. The number of amides is 1. The second-order valence-electron chi connectivity index (χ2n) is 0.523. The van der Waals surface area contributed by atoms with Crippen LogP contribution in [-0.2, 0) is 4.74 Å². The third kappa shape index (κ3) is 9.75. The van der Waals surface area contributed by atoms with Crippen molar-refractivity contribution >= 4 is 17.1 Å². The van der Waals surface area contributed by atoms with Crippen LogP contribution in [0.25, 0.3) is 0 Å². The fourth-order valence-corrected chi connectivity index (χ4v) is 0. The van der Waals surface area contributed by atoms with Crippen LogP contribution in [0.2, 0.25) is 0 Å². The molecule has 4 heteroatoms. The molecular weight excluding hydrogens is 98.1 g/mol. The van der Waals surface area contributed by atoms with E-state index >= 15 is 0 Å². The highest BCUT2D eigenvalue weighted by Crippen LogP contribution is 1.55. The minimum atomic E-state index is -0.745. The van der Waals surface area contributed by atoms with Crippen molar-refractivity contribution in [3.05, 3.63) is 0 Å². The number of primary amides is 1. The first-order chi connectivity index (χ1) is 2.27. The Bertz CT molecular complexity index is 46.8. The summed E-state index contributed by atoms with van der Waals surface area (Å²) in [7, 11) is 1.22. The third-order valence-electron chi connectivity index (χ3n) is 0.201. The Morgan fingerprint density at radius 3 is 2.00 bits per heavy atom. The highest BCUT2D eigenvalue weighted by molar-refractivity contribution is 5.75. The topological polar surface area (TPSA) is 52.3 Å².